The molecule has 1 atom stereocenters. The molecule has 3 N–H and O–H groups in total. The first-order valence-electron chi connectivity index (χ1n) is 5.37. The van der Waals surface area contributed by atoms with E-state index in [1.54, 1.807) is 13.1 Å². The van der Waals surface area contributed by atoms with Crippen molar-refractivity contribution in [2.24, 2.45) is 0 Å². The molecule has 1 aromatic heterocycles. The van der Waals surface area contributed by atoms with E-state index >= 15 is 0 Å². The molecule has 0 bridgehead atoms. The zero-order valence-electron chi connectivity index (χ0n) is 10.1. The first kappa shape index (κ1) is 13.8. The van der Waals surface area contributed by atoms with Crippen molar-refractivity contribution < 1.29 is 14.7 Å². The Balaban J connectivity index is 2.60. The molecule has 1 aromatic rings. The molecule has 0 aliphatic rings. The maximum Gasteiger partial charge on any atom is 0.326 e. The van der Waals surface area contributed by atoms with Gasteiger partial charge in [0, 0.05) is 31.9 Å². The summed E-state index contributed by atoms with van der Waals surface area (Å²) in [5, 5.41) is 11.5. The Kier molecular flexibility index (Phi) is 4.91. The van der Waals surface area contributed by atoms with Crippen molar-refractivity contribution in [3.05, 3.63) is 30.9 Å². The summed E-state index contributed by atoms with van der Waals surface area (Å²) in [4.78, 5) is 30.6. The molecule has 1 rings (SSSR count). The van der Waals surface area contributed by atoms with Gasteiger partial charge in [0.1, 0.15) is 6.04 Å². The van der Waals surface area contributed by atoms with E-state index in [0.717, 1.165) is 0 Å². The number of carboxylic acid groups (broad SMARTS) is 1. The molecule has 0 aromatic carbocycles. The van der Waals surface area contributed by atoms with Gasteiger partial charge in [0.05, 0.1) is 6.33 Å². The van der Waals surface area contributed by atoms with Gasteiger partial charge >= 0.3 is 12.0 Å². The lowest BCUT2D eigenvalue weighted by Gasteiger charge is -2.19. The fraction of sp³-hybridized carbons (Fsp3) is 0.364. The SMILES string of the molecule is C=CCN(C)C(=O)N[C@H](Cc1cnc[nH]1)C(=O)O. The van der Waals surface area contributed by atoms with E-state index in [-0.39, 0.29) is 6.42 Å². The van der Waals surface area contributed by atoms with Gasteiger partial charge in [0.15, 0.2) is 0 Å². The van der Waals surface area contributed by atoms with Crippen molar-refractivity contribution >= 4 is 12.0 Å². The van der Waals surface area contributed by atoms with Crippen LogP contribution >= 0.6 is 0 Å². The summed E-state index contributed by atoms with van der Waals surface area (Å²) in [5.41, 5.74) is 0.647. The van der Waals surface area contributed by atoms with Crippen LogP contribution in [-0.2, 0) is 11.2 Å². The number of carboxylic acids is 1. The number of nitrogens with one attached hydrogen (secondary N) is 2. The molecule has 7 nitrogen and oxygen atoms in total. The molecule has 2 amide bonds. The molecule has 1 heterocycles. The van der Waals surface area contributed by atoms with E-state index in [4.69, 9.17) is 5.11 Å². The summed E-state index contributed by atoms with van der Waals surface area (Å²) in [6.45, 7) is 3.86. The molecular weight excluding hydrogens is 236 g/mol. The summed E-state index contributed by atoms with van der Waals surface area (Å²) in [5.74, 6) is -1.09. The molecule has 0 fully saturated rings. The first-order chi connectivity index (χ1) is 8.54. The van der Waals surface area contributed by atoms with Gasteiger partial charge in [-0.05, 0) is 0 Å². The standard InChI is InChI=1S/C11H16N4O3/c1-3-4-15(2)11(18)14-9(10(16)17)5-8-6-12-7-13-8/h3,6-7,9H,1,4-5H2,2H3,(H,12,13)(H,14,18)(H,16,17)/t9-/m1/s1. The molecule has 0 unspecified atom stereocenters. The summed E-state index contributed by atoms with van der Waals surface area (Å²) >= 11 is 0. The number of nitrogens with zero attached hydrogens (tertiary/aromatic N) is 2. The molecule has 0 aliphatic carbocycles. The average Bonchev–Trinajstić information content (AvgIpc) is 2.81. The molecule has 98 valence electrons. The van der Waals surface area contributed by atoms with Gasteiger partial charge in [0.2, 0.25) is 0 Å². The van der Waals surface area contributed by atoms with Crippen LogP contribution in [-0.4, -0.2) is 51.6 Å². The molecule has 7 heteroatoms. The number of carbonyl (C=O) groups is 2. The van der Waals surface area contributed by atoms with Crippen LogP contribution in [0.25, 0.3) is 0 Å². The van der Waals surface area contributed by atoms with E-state index in [2.05, 4.69) is 21.9 Å². The highest BCUT2D eigenvalue weighted by Gasteiger charge is 2.22. The Labute approximate surface area is 105 Å². The molecule has 0 saturated heterocycles. The minimum Gasteiger partial charge on any atom is -0.480 e. The summed E-state index contributed by atoms with van der Waals surface area (Å²) in [7, 11) is 1.56. The molecule has 0 spiro atoms. The second-order valence-electron chi connectivity index (χ2n) is 3.79. The van der Waals surface area contributed by atoms with Gasteiger partial charge < -0.3 is 20.3 Å². The zero-order valence-corrected chi connectivity index (χ0v) is 10.1. The maximum atomic E-state index is 11.7. The van der Waals surface area contributed by atoms with E-state index < -0.39 is 18.0 Å². The fourth-order valence-electron chi connectivity index (χ4n) is 1.35. The number of aromatic nitrogens is 2. The smallest absolute Gasteiger partial charge is 0.326 e. The average molecular weight is 252 g/mol. The largest absolute Gasteiger partial charge is 0.480 e. The lowest BCUT2D eigenvalue weighted by atomic mass is 10.1. The topological polar surface area (TPSA) is 98.3 Å². The van der Waals surface area contributed by atoms with E-state index in [9.17, 15) is 9.59 Å². The predicted molar refractivity (Wildman–Crippen MR) is 65.1 cm³/mol. The monoisotopic (exact) mass is 252 g/mol. The number of hydrogen-bond donors (Lipinski definition) is 3. The summed E-state index contributed by atoms with van der Waals surface area (Å²) in [6, 6.07) is -1.45. The Hall–Kier alpha value is -2.31. The van der Waals surface area contributed by atoms with Crippen LogP contribution in [0.4, 0.5) is 4.79 Å². The van der Waals surface area contributed by atoms with E-state index in [1.807, 2.05) is 0 Å². The number of imidazole rings is 1. The Bertz CT molecular complexity index is 416. The number of urea groups is 1. The number of carbonyl (C=O) groups excluding carboxylic acids is 1. The molecule has 0 radical (unpaired) electrons. The number of aliphatic carboxylic acids is 1. The highest BCUT2D eigenvalue weighted by Crippen LogP contribution is 2.00. The van der Waals surface area contributed by atoms with Gasteiger partial charge in [-0.15, -0.1) is 6.58 Å². The van der Waals surface area contributed by atoms with Gasteiger partial charge in [0.25, 0.3) is 0 Å². The van der Waals surface area contributed by atoms with Crippen molar-refractivity contribution in [3.8, 4) is 0 Å². The Morgan fingerprint density at radius 3 is 2.94 bits per heavy atom. The van der Waals surface area contributed by atoms with Crippen LogP contribution in [0, 0.1) is 0 Å². The van der Waals surface area contributed by atoms with Crippen molar-refractivity contribution in [1.82, 2.24) is 20.2 Å². The van der Waals surface area contributed by atoms with Crippen LogP contribution in [0.5, 0.6) is 0 Å². The maximum absolute atomic E-state index is 11.7. The quantitative estimate of drug-likeness (QED) is 0.631. The second kappa shape index (κ2) is 6.43. The van der Waals surface area contributed by atoms with Gasteiger partial charge in [-0.25, -0.2) is 14.6 Å². The molecule has 0 saturated carbocycles. The second-order valence-corrected chi connectivity index (χ2v) is 3.79. The highest BCUT2D eigenvalue weighted by atomic mass is 16.4. The molecule has 18 heavy (non-hydrogen) atoms. The third kappa shape index (κ3) is 3.93. The summed E-state index contributed by atoms with van der Waals surface area (Å²) in [6.07, 6.45) is 4.70. The predicted octanol–water partition coefficient (Wildman–Crippen LogP) is 0.233. The van der Waals surface area contributed by atoms with Crippen LogP contribution < -0.4 is 5.32 Å². The van der Waals surface area contributed by atoms with Gasteiger partial charge in [-0.1, -0.05) is 6.08 Å². The minimum absolute atomic E-state index is 0.156. The van der Waals surface area contributed by atoms with Crippen LogP contribution in [0.2, 0.25) is 0 Å². The van der Waals surface area contributed by atoms with Gasteiger partial charge in [-0.3, -0.25) is 0 Å². The van der Waals surface area contributed by atoms with Crippen molar-refractivity contribution in [1.29, 1.82) is 0 Å². The highest BCUT2D eigenvalue weighted by molar-refractivity contribution is 5.82. The number of amides is 2. The molecule has 0 aliphatic heterocycles. The van der Waals surface area contributed by atoms with Crippen LogP contribution in [0.15, 0.2) is 25.2 Å². The number of H-pyrrole nitrogens is 1. The van der Waals surface area contributed by atoms with E-state index in [0.29, 0.717) is 12.2 Å². The van der Waals surface area contributed by atoms with Crippen LogP contribution in [0.1, 0.15) is 5.69 Å². The zero-order chi connectivity index (χ0) is 13.5. The third-order valence-corrected chi connectivity index (χ3v) is 2.32. The summed E-state index contributed by atoms with van der Waals surface area (Å²) < 4.78 is 0. The Morgan fingerprint density at radius 2 is 2.44 bits per heavy atom. The molecular formula is C11H16N4O3. The number of hydrogen-bond acceptors (Lipinski definition) is 3. The van der Waals surface area contributed by atoms with Crippen molar-refractivity contribution in [2.75, 3.05) is 13.6 Å². The minimum atomic E-state index is -1.09. The first-order valence-corrected chi connectivity index (χ1v) is 5.37. The van der Waals surface area contributed by atoms with Crippen molar-refractivity contribution in [3.63, 3.8) is 0 Å². The van der Waals surface area contributed by atoms with Crippen LogP contribution in [0.3, 0.4) is 0 Å². The van der Waals surface area contributed by atoms with Gasteiger partial charge in [-0.2, -0.15) is 0 Å². The Morgan fingerprint density at radius 1 is 1.72 bits per heavy atom. The number of likely N-dealkylation sites (N-methyl/N-ethyl adjacent to an activating group) is 1. The fourth-order valence-corrected chi connectivity index (χ4v) is 1.35. The third-order valence-electron chi connectivity index (χ3n) is 2.32. The number of rotatable bonds is 6. The van der Waals surface area contributed by atoms with E-state index in [1.165, 1.54) is 17.4 Å². The van der Waals surface area contributed by atoms with Crippen molar-refractivity contribution in [2.45, 2.75) is 12.5 Å². The lowest BCUT2D eigenvalue weighted by Crippen LogP contribution is -2.47. The number of aromatic amines is 1. The lowest BCUT2D eigenvalue weighted by molar-refractivity contribution is -0.139. The normalized spacial score (nSPS) is 11.6.